The van der Waals surface area contributed by atoms with Gasteiger partial charge >= 0.3 is 5.69 Å². The van der Waals surface area contributed by atoms with E-state index in [1.165, 1.54) is 0 Å². The van der Waals surface area contributed by atoms with Gasteiger partial charge in [-0.3, -0.25) is 9.13 Å². The second-order valence-electron chi connectivity index (χ2n) is 4.25. The molecule has 0 amide bonds. The lowest BCUT2D eigenvalue weighted by atomic mass is 10.3. The number of aromatic nitrogens is 2. The molecule has 3 rings (SSSR count). The van der Waals surface area contributed by atoms with E-state index in [9.17, 15) is 4.79 Å². The molecule has 1 aliphatic rings. The molecule has 0 N–H and O–H groups in total. The molecule has 0 spiro atoms. The summed E-state index contributed by atoms with van der Waals surface area (Å²) in [5, 5.41) is 0. The van der Waals surface area contributed by atoms with Crippen molar-refractivity contribution in [2.75, 3.05) is 0 Å². The van der Waals surface area contributed by atoms with Crippen molar-refractivity contribution < 1.29 is 0 Å². The summed E-state index contributed by atoms with van der Waals surface area (Å²) in [4.78, 5) is 12.2. The van der Waals surface area contributed by atoms with Crippen LogP contribution >= 0.6 is 0 Å². The van der Waals surface area contributed by atoms with Gasteiger partial charge in [0.1, 0.15) is 0 Å². The molecule has 0 aliphatic heterocycles. The standard InChI is InChI=1S/C13H14N2O/c1-14-11-8-4-5-9-12(11)15(13(14)16)10-6-2-3-7-10/h4-6,8-9H,2-3,7H2,1H3. The molecule has 3 heteroatoms. The Labute approximate surface area is 93.6 Å². The molecule has 3 nitrogen and oxygen atoms in total. The molecule has 0 saturated heterocycles. The minimum absolute atomic E-state index is 0.0642. The highest BCUT2D eigenvalue weighted by Crippen LogP contribution is 2.24. The van der Waals surface area contributed by atoms with Gasteiger partial charge in [0.25, 0.3) is 0 Å². The first-order valence-electron chi connectivity index (χ1n) is 5.65. The van der Waals surface area contributed by atoms with E-state index in [2.05, 4.69) is 6.08 Å². The van der Waals surface area contributed by atoms with Crippen molar-refractivity contribution in [1.82, 2.24) is 9.13 Å². The first-order valence-corrected chi connectivity index (χ1v) is 5.65. The molecule has 0 radical (unpaired) electrons. The molecule has 1 aromatic heterocycles. The van der Waals surface area contributed by atoms with Crippen LogP contribution in [0.1, 0.15) is 19.3 Å². The second kappa shape index (κ2) is 3.37. The molecule has 0 atom stereocenters. The number of aryl methyl sites for hydroxylation is 1. The average Bonchev–Trinajstić information content (AvgIpc) is 2.89. The van der Waals surface area contributed by atoms with Crippen LogP contribution in [-0.2, 0) is 7.05 Å². The smallest absolute Gasteiger partial charge is 0.295 e. The number of hydrogen-bond acceptors (Lipinski definition) is 1. The summed E-state index contributed by atoms with van der Waals surface area (Å²) in [5.41, 5.74) is 3.24. The Morgan fingerprint density at radius 2 is 1.94 bits per heavy atom. The van der Waals surface area contributed by atoms with Gasteiger partial charge in [0.15, 0.2) is 0 Å². The molecule has 1 aromatic carbocycles. The largest absolute Gasteiger partial charge is 0.333 e. The fraction of sp³-hybridized carbons (Fsp3) is 0.308. The Morgan fingerprint density at radius 1 is 1.19 bits per heavy atom. The van der Waals surface area contributed by atoms with E-state index in [-0.39, 0.29) is 5.69 Å². The predicted octanol–water partition coefficient (Wildman–Crippen LogP) is 2.36. The van der Waals surface area contributed by atoms with E-state index >= 15 is 0 Å². The predicted molar refractivity (Wildman–Crippen MR) is 65.3 cm³/mol. The molecular weight excluding hydrogens is 200 g/mol. The summed E-state index contributed by atoms with van der Waals surface area (Å²) < 4.78 is 3.57. The van der Waals surface area contributed by atoms with E-state index in [4.69, 9.17) is 0 Å². The summed E-state index contributed by atoms with van der Waals surface area (Å²) in [6.45, 7) is 0. The first-order chi connectivity index (χ1) is 7.79. The third kappa shape index (κ3) is 1.18. The third-order valence-electron chi connectivity index (χ3n) is 3.27. The third-order valence-corrected chi connectivity index (χ3v) is 3.27. The van der Waals surface area contributed by atoms with Gasteiger partial charge in [-0.25, -0.2) is 4.79 Å². The van der Waals surface area contributed by atoms with E-state index in [1.807, 2.05) is 35.9 Å². The Bertz CT molecular complexity index is 631. The summed E-state index contributed by atoms with van der Waals surface area (Å²) in [6, 6.07) is 7.95. The number of hydrogen-bond donors (Lipinski definition) is 0. The highest BCUT2D eigenvalue weighted by Gasteiger charge is 2.15. The first kappa shape index (κ1) is 9.46. The summed E-state index contributed by atoms with van der Waals surface area (Å²) in [6.07, 6.45) is 5.43. The van der Waals surface area contributed by atoms with Crippen molar-refractivity contribution in [3.63, 3.8) is 0 Å². The van der Waals surface area contributed by atoms with Crippen molar-refractivity contribution in [3.05, 3.63) is 40.8 Å². The maximum absolute atomic E-state index is 12.2. The minimum atomic E-state index is 0.0642. The Hall–Kier alpha value is -1.77. The van der Waals surface area contributed by atoms with Crippen molar-refractivity contribution in [3.8, 4) is 0 Å². The Kier molecular flexibility index (Phi) is 1.99. The molecule has 1 aliphatic carbocycles. The van der Waals surface area contributed by atoms with Crippen molar-refractivity contribution in [1.29, 1.82) is 0 Å². The summed E-state index contributed by atoms with van der Waals surface area (Å²) >= 11 is 0. The van der Waals surface area contributed by atoms with E-state index < -0.39 is 0 Å². The van der Waals surface area contributed by atoms with Gasteiger partial charge in [-0.2, -0.15) is 0 Å². The minimum Gasteiger partial charge on any atom is -0.295 e. The van der Waals surface area contributed by atoms with Crippen LogP contribution < -0.4 is 5.69 Å². The molecule has 16 heavy (non-hydrogen) atoms. The molecule has 82 valence electrons. The number of allylic oxidation sites excluding steroid dienone is 2. The van der Waals surface area contributed by atoms with Gasteiger partial charge in [-0.05, 0) is 31.4 Å². The zero-order valence-corrected chi connectivity index (χ0v) is 9.31. The zero-order chi connectivity index (χ0) is 11.1. The lowest BCUT2D eigenvalue weighted by Gasteiger charge is -2.02. The van der Waals surface area contributed by atoms with Gasteiger partial charge in [0.2, 0.25) is 0 Å². The Morgan fingerprint density at radius 3 is 2.62 bits per heavy atom. The van der Waals surface area contributed by atoms with Crippen LogP contribution in [0.2, 0.25) is 0 Å². The van der Waals surface area contributed by atoms with Crippen LogP contribution in [0.5, 0.6) is 0 Å². The van der Waals surface area contributed by atoms with Gasteiger partial charge in [-0.15, -0.1) is 0 Å². The normalized spacial score (nSPS) is 15.7. The second-order valence-corrected chi connectivity index (χ2v) is 4.25. The van der Waals surface area contributed by atoms with Crippen LogP contribution in [0.4, 0.5) is 0 Å². The lowest BCUT2D eigenvalue weighted by molar-refractivity contribution is 0.834. The highest BCUT2D eigenvalue weighted by atomic mass is 16.1. The zero-order valence-electron chi connectivity index (χ0n) is 9.31. The maximum atomic E-state index is 12.2. The van der Waals surface area contributed by atoms with Crippen molar-refractivity contribution in [2.45, 2.75) is 19.3 Å². The van der Waals surface area contributed by atoms with Crippen LogP contribution in [0.3, 0.4) is 0 Å². The van der Waals surface area contributed by atoms with Crippen molar-refractivity contribution in [2.24, 2.45) is 7.05 Å². The number of rotatable bonds is 1. The number of imidazole rings is 1. The van der Waals surface area contributed by atoms with Crippen LogP contribution in [0.15, 0.2) is 35.1 Å². The van der Waals surface area contributed by atoms with Gasteiger partial charge in [0.05, 0.1) is 11.0 Å². The van der Waals surface area contributed by atoms with Crippen LogP contribution in [0, 0.1) is 0 Å². The summed E-state index contributed by atoms with van der Waals surface area (Å²) in [5.74, 6) is 0. The molecule has 2 aromatic rings. The van der Waals surface area contributed by atoms with Crippen LogP contribution in [-0.4, -0.2) is 9.13 Å². The molecule has 0 fully saturated rings. The van der Waals surface area contributed by atoms with Crippen molar-refractivity contribution >= 4 is 16.7 Å². The van der Waals surface area contributed by atoms with E-state index in [0.717, 1.165) is 36.0 Å². The lowest BCUT2D eigenvalue weighted by Crippen LogP contribution is -2.21. The molecule has 0 saturated carbocycles. The SMILES string of the molecule is Cn1c(=O)n(C2=CCCC2)c2ccccc21. The van der Waals surface area contributed by atoms with Crippen LogP contribution in [0.25, 0.3) is 16.7 Å². The van der Waals surface area contributed by atoms with Gasteiger partial charge in [0, 0.05) is 12.7 Å². The van der Waals surface area contributed by atoms with Gasteiger partial charge < -0.3 is 0 Å². The molecule has 1 heterocycles. The number of nitrogens with zero attached hydrogens (tertiary/aromatic N) is 2. The van der Waals surface area contributed by atoms with E-state index in [1.54, 1.807) is 4.57 Å². The quantitative estimate of drug-likeness (QED) is 0.716. The monoisotopic (exact) mass is 214 g/mol. The molecule has 0 unspecified atom stereocenters. The Balaban J connectivity index is 2.39. The number of benzene rings is 1. The average molecular weight is 214 g/mol. The van der Waals surface area contributed by atoms with Gasteiger partial charge in [-0.1, -0.05) is 18.2 Å². The summed E-state index contributed by atoms with van der Waals surface area (Å²) in [7, 11) is 1.83. The fourth-order valence-corrected chi connectivity index (χ4v) is 2.43. The molecular formula is C13H14N2O. The fourth-order valence-electron chi connectivity index (χ4n) is 2.43. The number of para-hydroxylation sites is 2. The maximum Gasteiger partial charge on any atom is 0.333 e. The van der Waals surface area contributed by atoms with E-state index in [0.29, 0.717) is 0 Å². The highest BCUT2D eigenvalue weighted by molar-refractivity contribution is 5.79. The topological polar surface area (TPSA) is 26.9 Å². The number of fused-ring (bicyclic) bond motifs is 1. The molecule has 0 bridgehead atoms.